The van der Waals surface area contributed by atoms with E-state index in [0.29, 0.717) is 12.2 Å². The third kappa shape index (κ3) is 2.85. The lowest BCUT2D eigenvalue weighted by atomic mass is 10.2. The molecular weight excluding hydrogens is 208 g/mol. The summed E-state index contributed by atoms with van der Waals surface area (Å²) in [6.07, 6.45) is 1.80. The smallest absolute Gasteiger partial charge is 0.264 e. The highest BCUT2D eigenvalue weighted by Gasteiger charge is 2.15. The Bertz CT molecular complexity index is 437. The molecule has 88 valence electrons. The predicted octanol–water partition coefficient (Wildman–Crippen LogP) is 0.919. The zero-order valence-corrected chi connectivity index (χ0v) is 9.46. The number of rotatable bonds is 4. The van der Waals surface area contributed by atoms with E-state index in [4.69, 9.17) is 0 Å². The van der Waals surface area contributed by atoms with Crippen LogP contribution in [0.4, 0.5) is 0 Å². The molecule has 0 aliphatic carbocycles. The molecular formula is C11H16N2O3. The largest absolute Gasteiger partial charge is 0.507 e. The van der Waals surface area contributed by atoms with Crippen molar-refractivity contribution < 1.29 is 9.90 Å². The number of carbonyl (C=O) groups excluding carboxylic acids is 1. The minimum atomic E-state index is -0.563. The van der Waals surface area contributed by atoms with E-state index in [1.165, 1.54) is 6.07 Å². The fourth-order valence-corrected chi connectivity index (χ4v) is 1.36. The number of hydrogen-bond donors (Lipinski definition) is 3. The zero-order chi connectivity index (χ0) is 12.1. The van der Waals surface area contributed by atoms with Crippen LogP contribution in [0.25, 0.3) is 0 Å². The van der Waals surface area contributed by atoms with Gasteiger partial charge in [0.05, 0.1) is 0 Å². The van der Waals surface area contributed by atoms with Gasteiger partial charge in [0, 0.05) is 12.2 Å². The highest BCUT2D eigenvalue weighted by Crippen LogP contribution is 2.12. The van der Waals surface area contributed by atoms with Crippen molar-refractivity contribution >= 4 is 5.91 Å². The summed E-state index contributed by atoms with van der Waals surface area (Å²) in [5.41, 5.74) is -0.263. The number of aromatic amines is 1. The molecule has 0 atom stereocenters. The number of aromatic nitrogens is 1. The van der Waals surface area contributed by atoms with Crippen molar-refractivity contribution in [3.63, 3.8) is 0 Å². The van der Waals surface area contributed by atoms with Crippen LogP contribution < -0.4 is 10.9 Å². The first kappa shape index (κ1) is 12.3. The standard InChI is InChI=1S/C11H16N2O3/c1-3-4-5-12-10(15)9-8(14)6-7(2)13-11(9)16/h6H,3-5H2,1-2H3,(H,12,15)(H2,13,14,16). The van der Waals surface area contributed by atoms with Crippen LogP contribution in [-0.4, -0.2) is 22.5 Å². The van der Waals surface area contributed by atoms with Gasteiger partial charge in [-0.3, -0.25) is 9.59 Å². The SMILES string of the molecule is CCCCNC(=O)c1c(O)cc(C)[nH]c1=O. The summed E-state index contributed by atoms with van der Waals surface area (Å²) in [7, 11) is 0. The van der Waals surface area contributed by atoms with Crippen LogP contribution in [0.3, 0.4) is 0 Å². The van der Waals surface area contributed by atoms with E-state index in [-0.39, 0.29) is 11.3 Å². The second-order valence-electron chi connectivity index (χ2n) is 3.65. The molecule has 0 aliphatic rings. The maximum Gasteiger partial charge on any atom is 0.264 e. The van der Waals surface area contributed by atoms with Gasteiger partial charge < -0.3 is 15.4 Å². The van der Waals surface area contributed by atoms with Gasteiger partial charge in [-0.05, 0) is 19.4 Å². The maximum atomic E-state index is 11.6. The highest BCUT2D eigenvalue weighted by molar-refractivity contribution is 5.96. The molecule has 1 rings (SSSR count). The Morgan fingerprint density at radius 3 is 2.81 bits per heavy atom. The molecule has 0 unspecified atom stereocenters. The van der Waals surface area contributed by atoms with E-state index < -0.39 is 11.5 Å². The Kier molecular flexibility index (Phi) is 4.10. The number of aryl methyl sites for hydroxylation is 1. The van der Waals surface area contributed by atoms with Crippen molar-refractivity contribution in [1.29, 1.82) is 0 Å². The van der Waals surface area contributed by atoms with Crippen LogP contribution in [0.5, 0.6) is 5.75 Å². The first-order valence-electron chi connectivity index (χ1n) is 5.27. The second-order valence-corrected chi connectivity index (χ2v) is 3.65. The lowest BCUT2D eigenvalue weighted by Gasteiger charge is -2.05. The lowest BCUT2D eigenvalue weighted by Crippen LogP contribution is -2.30. The van der Waals surface area contributed by atoms with Gasteiger partial charge in [0.25, 0.3) is 11.5 Å². The summed E-state index contributed by atoms with van der Waals surface area (Å²) < 4.78 is 0. The fraction of sp³-hybridized carbons (Fsp3) is 0.455. The fourth-order valence-electron chi connectivity index (χ4n) is 1.36. The predicted molar refractivity (Wildman–Crippen MR) is 60.7 cm³/mol. The Balaban J connectivity index is 2.87. The van der Waals surface area contributed by atoms with E-state index >= 15 is 0 Å². The Morgan fingerprint density at radius 2 is 2.25 bits per heavy atom. The number of carbonyl (C=O) groups is 1. The molecule has 5 nitrogen and oxygen atoms in total. The van der Waals surface area contributed by atoms with Crippen molar-refractivity contribution in [1.82, 2.24) is 10.3 Å². The molecule has 0 aromatic carbocycles. The number of hydrogen-bond acceptors (Lipinski definition) is 3. The van der Waals surface area contributed by atoms with Crippen molar-refractivity contribution in [2.75, 3.05) is 6.54 Å². The molecule has 5 heteroatoms. The van der Waals surface area contributed by atoms with Crippen LogP contribution in [0, 0.1) is 6.92 Å². The van der Waals surface area contributed by atoms with Gasteiger partial charge in [-0.15, -0.1) is 0 Å². The van der Waals surface area contributed by atoms with Gasteiger partial charge in [-0.2, -0.15) is 0 Å². The van der Waals surface area contributed by atoms with E-state index in [0.717, 1.165) is 12.8 Å². The number of pyridine rings is 1. The quantitative estimate of drug-likeness (QED) is 0.665. The van der Waals surface area contributed by atoms with Crippen LogP contribution in [0.15, 0.2) is 10.9 Å². The van der Waals surface area contributed by atoms with Gasteiger partial charge in [0.2, 0.25) is 0 Å². The molecule has 0 aliphatic heterocycles. The van der Waals surface area contributed by atoms with Gasteiger partial charge in [-0.25, -0.2) is 0 Å². The van der Waals surface area contributed by atoms with Gasteiger partial charge in [-0.1, -0.05) is 13.3 Å². The minimum Gasteiger partial charge on any atom is -0.507 e. The Morgan fingerprint density at radius 1 is 1.56 bits per heavy atom. The van der Waals surface area contributed by atoms with E-state index in [1.807, 2.05) is 6.92 Å². The first-order valence-corrected chi connectivity index (χ1v) is 5.27. The first-order chi connectivity index (χ1) is 7.56. The van der Waals surface area contributed by atoms with Crippen LogP contribution in [0.2, 0.25) is 0 Å². The van der Waals surface area contributed by atoms with Gasteiger partial charge in [0.1, 0.15) is 11.3 Å². The third-order valence-corrected chi connectivity index (χ3v) is 2.19. The monoisotopic (exact) mass is 224 g/mol. The number of unbranched alkanes of at least 4 members (excludes halogenated alkanes) is 1. The molecule has 3 N–H and O–H groups in total. The Labute approximate surface area is 93.5 Å². The number of amides is 1. The lowest BCUT2D eigenvalue weighted by molar-refractivity contribution is 0.0949. The summed E-state index contributed by atoms with van der Waals surface area (Å²) >= 11 is 0. The molecule has 0 bridgehead atoms. The van der Waals surface area contributed by atoms with Crippen molar-refractivity contribution in [3.05, 3.63) is 27.7 Å². The maximum absolute atomic E-state index is 11.6. The molecule has 16 heavy (non-hydrogen) atoms. The number of aromatic hydroxyl groups is 1. The second kappa shape index (κ2) is 5.34. The summed E-state index contributed by atoms with van der Waals surface area (Å²) in [5.74, 6) is -0.817. The minimum absolute atomic E-state index is 0.221. The molecule has 1 aromatic heterocycles. The van der Waals surface area contributed by atoms with Crippen molar-refractivity contribution in [3.8, 4) is 5.75 Å². The van der Waals surface area contributed by atoms with Crippen LogP contribution >= 0.6 is 0 Å². The molecule has 0 fully saturated rings. The molecule has 1 heterocycles. The number of H-pyrrole nitrogens is 1. The van der Waals surface area contributed by atoms with E-state index in [1.54, 1.807) is 6.92 Å². The zero-order valence-electron chi connectivity index (χ0n) is 9.46. The average Bonchev–Trinajstić information content (AvgIpc) is 2.16. The van der Waals surface area contributed by atoms with Crippen LogP contribution in [-0.2, 0) is 0 Å². The molecule has 0 saturated carbocycles. The molecule has 1 aromatic rings. The number of nitrogens with one attached hydrogen (secondary N) is 2. The molecule has 0 saturated heterocycles. The van der Waals surface area contributed by atoms with Crippen molar-refractivity contribution in [2.24, 2.45) is 0 Å². The molecule has 0 spiro atoms. The topological polar surface area (TPSA) is 82.2 Å². The Hall–Kier alpha value is -1.78. The van der Waals surface area contributed by atoms with E-state index in [9.17, 15) is 14.7 Å². The summed E-state index contributed by atoms with van der Waals surface area (Å²) in [6.45, 7) is 4.14. The summed E-state index contributed by atoms with van der Waals surface area (Å²) in [5, 5.41) is 12.1. The van der Waals surface area contributed by atoms with Crippen LogP contribution in [0.1, 0.15) is 35.8 Å². The van der Waals surface area contributed by atoms with Gasteiger partial charge in [0.15, 0.2) is 0 Å². The average molecular weight is 224 g/mol. The third-order valence-electron chi connectivity index (χ3n) is 2.19. The summed E-state index contributed by atoms with van der Waals surface area (Å²) in [6, 6.07) is 1.36. The molecule has 1 amide bonds. The van der Waals surface area contributed by atoms with E-state index in [2.05, 4.69) is 10.3 Å². The summed E-state index contributed by atoms with van der Waals surface area (Å²) in [4.78, 5) is 25.5. The normalized spacial score (nSPS) is 10.1. The molecule has 0 radical (unpaired) electrons. The highest BCUT2D eigenvalue weighted by atomic mass is 16.3. The van der Waals surface area contributed by atoms with Gasteiger partial charge >= 0.3 is 0 Å². The van der Waals surface area contributed by atoms with Crippen molar-refractivity contribution in [2.45, 2.75) is 26.7 Å².